The first kappa shape index (κ1) is 26.6. The lowest BCUT2D eigenvalue weighted by Crippen LogP contribution is -2.58. The Labute approximate surface area is 172 Å². The monoisotopic (exact) mass is 436 g/mol. The van der Waals surface area contributed by atoms with E-state index in [0.29, 0.717) is 5.75 Å². The summed E-state index contributed by atoms with van der Waals surface area (Å²) in [6, 6.07) is -3.97. The van der Waals surface area contributed by atoms with Gasteiger partial charge in [0.15, 0.2) is 0 Å². The molecule has 0 aromatic heterocycles. The summed E-state index contributed by atoms with van der Waals surface area (Å²) >= 11 is 1.38. The second kappa shape index (κ2) is 13.7. The molecule has 8 N–H and O–H groups in total. The molecule has 0 radical (unpaired) electrons. The van der Waals surface area contributed by atoms with E-state index in [1.165, 1.54) is 18.7 Å². The van der Waals surface area contributed by atoms with Crippen molar-refractivity contribution in [1.29, 1.82) is 0 Å². The number of aliphatic hydroxyl groups is 1. The standard InChI is InChI=1S/C16H28N4O8S/c1-8(21)13(20-11(22)7-17)15(26)18-9(5-6-29-2)14(25)19-10(16(27)28)3-4-12(23)24/h8-10,13,21H,3-7,17H2,1-2H3,(H,18,26)(H,19,25)(H,20,22)(H,23,24)(H,27,28). The average Bonchev–Trinajstić information content (AvgIpc) is 2.64. The highest BCUT2D eigenvalue weighted by Gasteiger charge is 2.31. The number of hydrogen-bond donors (Lipinski definition) is 7. The molecular formula is C16H28N4O8S. The summed E-state index contributed by atoms with van der Waals surface area (Å²) in [5, 5.41) is 34.4. The molecule has 0 rings (SSSR count). The predicted octanol–water partition coefficient (Wildman–Crippen LogP) is -2.52. The van der Waals surface area contributed by atoms with Gasteiger partial charge in [0.2, 0.25) is 17.7 Å². The maximum Gasteiger partial charge on any atom is 0.326 e. The lowest BCUT2D eigenvalue weighted by molar-refractivity contribution is -0.143. The van der Waals surface area contributed by atoms with Gasteiger partial charge in [-0.3, -0.25) is 19.2 Å². The molecule has 29 heavy (non-hydrogen) atoms. The smallest absolute Gasteiger partial charge is 0.326 e. The van der Waals surface area contributed by atoms with E-state index >= 15 is 0 Å². The van der Waals surface area contributed by atoms with Crippen molar-refractivity contribution >= 4 is 41.4 Å². The third kappa shape index (κ3) is 10.7. The van der Waals surface area contributed by atoms with Crippen LogP contribution in [-0.4, -0.2) is 87.8 Å². The van der Waals surface area contributed by atoms with Gasteiger partial charge in [-0.15, -0.1) is 0 Å². The predicted molar refractivity (Wildman–Crippen MR) is 104 cm³/mol. The molecule has 12 nitrogen and oxygen atoms in total. The number of hydrogen-bond acceptors (Lipinski definition) is 8. The SMILES string of the molecule is CSCCC(NC(=O)C(NC(=O)CN)C(C)O)C(=O)NC(CCC(=O)O)C(=O)O. The van der Waals surface area contributed by atoms with Crippen LogP contribution in [0.5, 0.6) is 0 Å². The highest BCUT2D eigenvalue weighted by atomic mass is 32.2. The molecule has 0 fully saturated rings. The summed E-state index contributed by atoms with van der Waals surface area (Å²) in [6.07, 6.45) is -0.167. The Kier molecular flexibility index (Phi) is 12.6. The van der Waals surface area contributed by atoms with Gasteiger partial charge in [-0.05, 0) is 31.8 Å². The van der Waals surface area contributed by atoms with Crippen molar-refractivity contribution in [2.75, 3.05) is 18.6 Å². The lowest BCUT2D eigenvalue weighted by atomic mass is 10.1. The van der Waals surface area contributed by atoms with Gasteiger partial charge in [-0.1, -0.05) is 0 Å². The Morgan fingerprint density at radius 3 is 2.00 bits per heavy atom. The fourth-order valence-electron chi connectivity index (χ4n) is 2.20. The van der Waals surface area contributed by atoms with Crippen molar-refractivity contribution in [2.45, 2.75) is 50.4 Å². The van der Waals surface area contributed by atoms with Crippen LogP contribution in [0.1, 0.15) is 26.2 Å². The van der Waals surface area contributed by atoms with Crippen LogP contribution in [0.15, 0.2) is 0 Å². The molecule has 0 heterocycles. The molecule has 0 aromatic carbocycles. The number of nitrogens with one attached hydrogen (secondary N) is 3. The number of carbonyl (C=O) groups excluding carboxylic acids is 3. The van der Waals surface area contributed by atoms with Gasteiger partial charge in [-0.2, -0.15) is 11.8 Å². The summed E-state index contributed by atoms with van der Waals surface area (Å²) in [4.78, 5) is 58.3. The molecule has 0 bridgehead atoms. The number of carboxylic acid groups (broad SMARTS) is 2. The van der Waals surface area contributed by atoms with E-state index in [-0.39, 0.29) is 12.8 Å². The summed E-state index contributed by atoms with van der Waals surface area (Å²) in [5.41, 5.74) is 5.18. The van der Waals surface area contributed by atoms with Crippen LogP contribution in [0, 0.1) is 0 Å². The normalized spacial score (nSPS) is 14.8. The number of amides is 3. The van der Waals surface area contributed by atoms with E-state index in [0.717, 1.165) is 0 Å². The van der Waals surface area contributed by atoms with Crippen LogP contribution < -0.4 is 21.7 Å². The molecule has 166 valence electrons. The maximum atomic E-state index is 12.5. The number of rotatable bonds is 14. The maximum absolute atomic E-state index is 12.5. The molecule has 3 amide bonds. The minimum atomic E-state index is -1.45. The molecule has 0 spiro atoms. The van der Waals surface area contributed by atoms with Gasteiger partial charge in [0.05, 0.1) is 12.6 Å². The number of aliphatic carboxylic acids is 2. The van der Waals surface area contributed by atoms with Gasteiger partial charge in [0.1, 0.15) is 18.1 Å². The van der Waals surface area contributed by atoms with Crippen LogP contribution in [0.4, 0.5) is 0 Å². The average molecular weight is 436 g/mol. The summed E-state index contributed by atoms with van der Waals surface area (Å²) < 4.78 is 0. The third-order valence-electron chi connectivity index (χ3n) is 3.77. The van der Waals surface area contributed by atoms with Gasteiger partial charge in [-0.25, -0.2) is 4.79 Å². The van der Waals surface area contributed by atoms with Crippen LogP contribution >= 0.6 is 11.8 Å². The minimum absolute atomic E-state index is 0.140. The lowest BCUT2D eigenvalue weighted by Gasteiger charge is -2.25. The number of thioether (sulfide) groups is 1. The molecular weight excluding hydrogens is 408 g/mol. The molecule has 0 saturated carbocycles. The van der Waals surface area contributed by atoms with E-state index < -0.39 is 66.9 Å². The Balaban J connectivity index is 5.26. The zero-order chi connectivity index (χ0) is 22.6. The Hall–Kier alpha value is -2.38. The fraction of sp³-hybridized carbons (Fsp3) is 0.688. The third-order valence-corrected chi connectivity index (χ3v) is 4.42. The van der Waals surface area contributed by atoms with E-state index in [4.69, 9.17) is 10.8 Å². The van der Waals surface area contributed by atoms with Crippen molar-refractivity contribution in [3.05, 3.63) is 0 Å². The first-order valence-electron chi connectivity index (χ1n) is 8.75. The van der Waals surface area contributed by atoms with E-state index in [9.17, 15) is 34.2 Å². The second-order valence-electron chi connectivity index (χ2n) is 6.16. The quantitative estimate of drug-likeness (QED) is 0.152. The Bertz CT molecular complexity index is 601. The molecule has 4 atom stereocenters. The molecule has 0 saturated heterocycles. The van der Waals surface area contributed by atoms with Crippen molar-refractivity contribution < 1.29 is 39.3 Å². The van der Waals surface area contributed by atoms with Gasteiger partial charge >= 0.3 is 11.9 Å². The molecule has 0 aliphatic heterocycles. The Morgan fingerprint density at radius 2 is 1.55 bits per heavy atom. The van der Waals surface area contributed by atoms with Gasteiger partial charge in [0, 0.05) is 6.42 Å². The van der Waals surface area contributed by atoms with Crippen molar-refractivity contribution in [2.24, 2.45) is 5.73 Å². The molecule has 0 aliphatic rings. The van der Waals surface area contributed by atoms with Crippen LogP contribution in [-0.2, 0) is 24.0 Å². The van der Waals surface area contributed by atoms with E-state index in [2.05, 4.69) is 16.0 Å². The van der Waals surface area contributed by atoms with Crippen molar-refractivity contribution in [3.8, 4) is 0 Å². The van der Waals surface area contributed by atoms with Crippen molar-refractivity contribution in [1.82, 2.24) is 16.0 Å². The van der Waals surface area contributed by atoms with Crippen molar-refractivity contribution in [3.63, 3.8) is 0 Å². The zero-order valence-corrected chi connectivity index (χ0v) is 17.0. The summed E-state index contributed by atoms with van der Waals surface area (Å²) in [7, 11) is 0. The minimum Gasteiger partial charge on any atom is -0.481 e. The van der Waals surface area contributed by atoms with Crippen LogP contribution in [0.3, 0.4) is 0 Å². The van der Waals surface area contributed by atoms with Crippen LogP contribution in [0.25, 0.3) is 0 Å². The largest absolute Gasteiger partial charge is 0.481 e. The second-order valence-corrected chi connectivity index (χ2v) is 7.15. The van der Waals surface area contributed by atoms with Crippen LogP contribution in [0.2, 0.25) is 0 Å². The first-order valence-corrected chi connectivity index (χ1v) is 10.1. The highest BCUT2D eigenvalue weighted by molar-refractivity contribution is 7.98. The summed E-state index contributed by atoms with van der Waals surface area (Å²) in [6.45, 7) is 0.862. The first-order chi connectivity index (χ1) is 13.5. The highest BCUT2D eigenvalue weighted by Crippen LogP contribution is 2.05. The van der Waals surface area contributed by atoms with E-state index in [1.54, 1.807) is 6.26 Å². The zero-order valence-electron chi connectivity index (χ0n) is 16.2. The topological polar surface area (TPSA) is 208 Å². The van der Waals surface area contributed by atoms with Gasteiger partial charge in [0.25, 0.3) is 0 Å². The molecule has 0 aliphatic carbocycles. The van der Waals surface area contributed by atoms with E-state index in [1.807, 2.05) is 0 Å². The fourth-order valence-corrected chi connectivity index (χ4v) is 2.67. The number of aliphatic hydroxyl groups excluding tert-OH is 1. The number of nitrogens with two attached hydrogens (primary N) is 1. The Morgan fingerprint density at radius 1 is 0.966 bits per heavy atom. The number of carbonyl (C=O) groups is 5. The summed E-state index contributed by atoms with van der Waals surface area (Å²) in [5.74, 6) is -4.53. The number of carboxylic acids is 2. The molecule has 0 aromatic rings. The molecule has 4 unspecified atom stereocenters. The van der Waals surface area contributed by atoms with Gasteiger partial charge < -0.3 is 37.0 Å². The molecule has 13 heteroatoms.